The molecule has 2 aromatic rings. The minimum atomic E-state index is -0.298. The lowest BCUT2D eigenvalue weighted by molar-refractivity contribution is 0.102. The molecule has 1 fully saturated rings. The second kappa shape index (κ2) is 5.87. The molecule has 0 radical (unpaired) electrons. The summed E-state index contributed by atoms with van der Waals surface area (Å²) in [5.41, 5.74) is 1.14. The van der Waals surface area contributed by atoms with Crippen LogP contribution in [0.5, 0.6) is 0 Å². The van der Waals surface area contributed by atoms with E-state index in [0.29, 0.717) is 11.5 Å². The van der Waals surface area contributed by atoms with Gasteiger partial charge < -0.3 is 10.2 Å². The topological polar surface area (TPSA) is 71.0 Å². The highest BCUT2D eigenvalue weighted by Gasteiger charge is 2.15. The Bertz CT molecular complexity index is 635. The number of nitrogens with zero attached hydrogens (tertiary/aromatic N) is 4. The number of anilines is 2. The largest absolute Gasteiger partial charge is 0.355 e. The van der Waals surface area contributed by atoms with E-state index in [1.165, 1.54) is 12.8 Å². The number of hydrogen-bond acceptors (Lipinski definition) is 5. The first-order chi connectivity index (χ1) is 10.2. The highest BCUT2D eigenvalue weighted by Crippen LogP contribution is 2.16. The number of carbonyl (C=O) groups excluding carboxylic acids is 1. The van der Waals surface area contributed by atoms with Gasteiger partial charge >= 0.3 is 0 Å². The molecule has 108 valence electrons. The van der Waals surface area contributed by atoms with Crippen LogP contribution in [0.2, 0.25) is 0 Å². The Balaban J connectivity index is 1.70. The van der Waals surface area contributed by atoms with E-state index in [-0.39, 0.29) is 5.91 Å². The summed E-state index contributed by atoms with van der Waals surface area (Å²) in [4.78, 5) is 18.5. The van der Waals surface area contributed by atoms with E-state index in [0.717, 1.165) is 24.6 Å². The first-order valence-corrected chi connectivity index (χ1v) is 7.06. The number of carbonyl (C=O) groups is 1. The van der Waals surface area contributed by atoms with Gasteiger partial charge in [0.25, 0.3) is 5.91 Å². The summed E-state index contributed by atoms with van der Waals surface area (Å²) in [6.07, 6.45) is 2.37. The van der Waals surface area contributed by atoms with Crippen LogP contribution in [0, 0.1) is 6.92 Å². The predicted octanol–water partition coefficient (Wildman–Crippen LogP) is 2.03. The number of aromatic nitrogens is 3. The maximum Gasteiger partial charge on any atom is 0.277 e. The van der Waals surface area contributed by atoms with Gasteiger partial charge in [-0.1, -0.05) is 6.07 Å². The van der Waals surface area contributed by atoms with Crippen molar-refractivity contribution in [1.29, 1.82) is 0 Å². The molecular formula is C15H17N5O. The Morgan fingerprint density at radius 2 is 1.95 bits per heavy atom. The van der Waals surface area contributed by atoms with E-state index in [1.807, 2.05) is 25.1 Å². The molecule has 1 aliphatic rings. The smallest absolute Gasteiger partial charge is 0.277 e. The van der Waals surface area contributed by atoms with Gasteiger partial charge in [0.2, 0.25) is 0 Å². The zero-order valence-electron chi connectivity index (χ0n) is 11.9. The summed E-state index contributed by atoms with van der Waals surface area (Å²) in [7, 11) is 0. The molecule has 1 saturated heterocycles. The van der Waals surface area contributed by atoms with Gasteiger partial charge in [-0.25, -0.2) is 4.98 Å². The minimum Gasteiger partial charge on any atom is -0.355 e. The van der Waals surface area contributed by atoms with Crippen molar-refractivity contribution in [3.8, 4) is 0 Å². The van der Waals surface area contributed by atoms with Gasteiger partial charge in [-0.15, -0.1) is 10.2 Å². The van der Waals surface area contributed by atoms with Crippen molar-refractivity contribution in [3.05, 3.63) is 41.7 Å². The van der Waals surface area contributed by atoms with Crippen LogP contribution in [0.25, 0.3) is 0 Å². The highest BCUT2D eigenvalue weighted by atomic mass is 16.2. The summed E-state index contributed by atoms with van der Waals surface area (Å²) in [5.74, 6) is 1.05. The summed E-state index contributed by atoms with van der Waals surface area (Å²) >= 11 is 0. The standard InChI is InChI=1S/C15H17N5O/c1-11-5-4-6-13(16-11)17-15(21)12-7-8-14(19-18-12)20-9-2-3-10-20/h4-8H,2-3,9-10H2,1H3,(H,16,17,21). The molecule has 0 bridgehead atoms. The second-order valence-electron chi connectivity index (χ2n) is 5.09. The molecule has 0 saturated carbocycles. The minimum absolute atomic E-state index is 0.293. The lowest BCUT2D eigenvalue weighted by atomic mass is 10.3. The van der Waals surface area contributed by atoms with Crippen molar-refractivity contribution >= 4 is 17.5 Å². The normalized spacial score (nSPS) is 14.2. The van der Waals surface area contributed by atoms with E-state index >= 15 is 0 Å². The van der Waals surface area contributed by atoms with Gasteiger partial charge in [0, 0.05) is 18.8 Å². The van der Waals surface area contributed by atoms with Gasteiger partial charge in [-0.05, 0) is 44.0 Å². The predicted molar refractivity (Wildman–Crippen MR) is 80.4 cm³/mol. The summed E-state index contributed by atoms with van der Waals surface area (Å²) in [6.45, 7) is 3.89. The Kier molecular flexibility index (Phi) is 3.77. The first-order valence-electron chi connectivity index (χ1n) is 7.06. The molecule has 1 amide bonds. The molecule has 2 aromatic heterocycles. The van der Waals surface area contributed by atoms with Crippen LogP contribution in [-0.2, 0) is 0 Å². The van der Waals surface area contributed by atoms with Crippen molar-refractivity contribution in [2.45, 2.75) is 19.8 Å². The molecule has 0 aliphatic carbocycles. The van der Waals surface area contributed by atoms with Crippen molar-refractivity contribution < 1.29 is 4.79 Å². The third-order valence-electron chi connectivity index (χ3n) is 3.44. The highest BCUT2D eigenvalue weighted by molar-refractivity contribution is 6.02. The second-order valence-corrected chi connectivity index (χ2v) is 5.09. The fraction of sp³-hybridized carbons (Fsp3) is 0.333. The molecule has 3 heterocycles. The zero-order valence-corrected chi connectivity index (χ0v) is 11.9. The average Bonchev–Trinajstić information content (AvgIpc) is 3.01. The van der Waals surface area contributed by atoms with E-state index in [2.05, 4.69) is 25.4 Å². The Hall–Kier alpha value is -2.50. The molecule has 0 aromatic carbocycles. The van der Waals surface area contributed by atoms with Crippen molar-refractivity contribution in [3.63, 3.8) is 0 Å². The molecule has 0 spiro atoms. The maximum absolute atomic E-state index is 12.1. The molecular weight excluding hydrogens is 266 g/mol. The van der Waals surface area contributed by atoms with Crippen molar-refractivity contribution in [2.24, 2.45) is 0 Å². The molecule has 1 aliphatic heterocycles. The van der Waals surface area contributed by atoms with E-state index < -0.39 is 0 Å². The number of aryl methyl sites for hydroxylation is 1. The van der Waals surface area contributed by atoms with Crippen molar-refractivity contribution in [2.75, 3.05) is 23.3 Å². The average molecular weight is 283 g/mol. The van der Waals surface area contributed by atoms with Crippen LogP contribution in [-0.4, -0.2) is 34.2 Å². The number of pyridine rings is 1. The van der Waals surface area contributed by atoms with E-state index in [1.54, 1.807) is 12.1 Å². The fourth-order valence-corrected chi connectivity index (χ4v) is 2.35. The monoisotopic (exact) mass is 283 g/mol. The Morgan fingerprint density at radius 3 is 2.62 bits per heavy atom. The maximum atomic E-state index is 12.1. The van der Waals surface area contributed by atoms with Crippen LogP contribution in [0.4, 0.5) is 11.6 Å². The number of amides is 1. The third kappa shape index (κ3) is 3.16. The van der Waals surface area contributed by atoms with Gasteiger partial charge in [0.1, 0.15) is 5.82 Å². The van der Waals surface area contributed by atoms with Crippen LogP contribution < -0.4 is 10.2 Å². The van der Waals surface area contributed by atoms with Crippen LogP contribution in [0.3, 0.4) is 0 Å². The lowest BCUT2D eigenvalue weighted by Gasteiger charge is -2.15. The third-order valence-corrected chi connectivity index (χ3v) is 3.44. The van der Waals surface area contributed by atoms with Crippen LogP contribution in [0.1, 0.15) is 29.0 Å². The number of hydrogen-bond donors (Lipinski definition) is 1. The SMILES string of the molecule is Cc1cccc(NC(=O)c2ccc(N3CCCC3)nn2)n1. The zero-order chi connectivity index (χ0) is 14.7. The van der Waals surface area contributed by atoms with E-state index in [4.69, 9.17) is 0 Å². The first kappa shape index (κ1) is 13.5. The van der Waals surface area contributed by atoms with Crippen LogP contribution in [0.15, 0.2) is 30.3 Å². The molecule has 1 N–H and O–H groups in total. The van der Waals surface area contributed by atoms with E-state index in [9.17, 15) is 4.79 Å². The van der Waals surface area contributed by atoms with Gasteiger partial charge in [0.05, 0.1) is 0 Å². The summed E-state index contributed by atoms with van der Waals surface area (Å²) < 4.78 is 0. The molecule has 0 atom stereocenters. The van der Waals surface area contributed by atoms with Gasteiger partial charge in [-0.2, -0.15) is 0 Å². The number of rotatable bonds is 3. The van der Waals surface area contributed by atoms with Crippen molar-refractivity contribution in [1.82, 2.24) is 15.2 Å². The van der Waals surface area contributed by atoms with Gasteiger partial charge in [-0.3, -0.25) is 4.79 Å². The molecule has 6 heteroatoms. The summed E-state index contributed by atoms with van der Waals surface area (Å²) in [6, 6.07) is 9.01. The molecule has 0 unspecified atom stereocenters. The lowest BCUT2D eigenvalue weighted by Crippen LogP contribution is -2.21. The van der Waals surface area contributed by atoms with Crippen LogP contribution >= 0.6 is 0 Å². The molecule has 3 rings (SSSR count). The molecule has 21 heavy (non-hydrogen) atoms. The molecule has 6 nitrogen and oxygen atoms in total. The quantitative estimate of drug-likeness (QED) is 0.933. The Labute approximate surface area is 123 Å². The Morgan fingerprint density at radius 1 is 1.14 bits per heavy atom. The fourth-order valence-electron chi connectivity index (χ4n) is 2.35. The van der Waals surface area contributed by atoms with Gasteiger partial charge in [0.15, 0.2) is 11.5 Å². The number of nitrogens with one attached hydrogen (secondary N) is 1. The summed E-state index contributed by atoms with van der Waals surface area (Å²) in [5, 5.41) is 10.9.